The van der Waals surface area contributed by atoms with E-state index in [0.29, 0.717) is 5.96 Å². The van der Waals surface area contributed by atoms with Gasteiger partial charge < -0.3 is 16.0 Å². The Labute approximate surface area is 151 Å². The predicted octanol–water partition coefficient (Wildman–Crippen LogP) is 2.63. The maximum absolute atomic E-state index is 5.90. The van der Waals surface area contributed by atoms with Crippen molar-refractivity contribution < 1.29 is 0 Å². The van der Waals surface area contributed by atoms with E-state index in [1.54, 1.807) is 0 Å². The van der Waals surface area contributed by atoms with Crippen LogP contribution in [0.4, 0.5) is 0 Å². The summed E-state index contributed by atoms with van der Waals surface area (Å²) in [6.07, 6.45) is 6.39. The summed E-state index contributed by atoms with van der Waals surface area (Å²) in [5, 5.41) is 3.19. The van der Waals surface area contributed by atoms with Crippen molar-refractivity contribution in [3.05, 3.63) is 35.9 Å². The van der Waals surface area contributed by atoms with Gasteiger partial charge in [-0.25, -0.2) is 0 Å². The third-order valence-electron chi connectivity index (χ3n) is 3.96. The van der Waals surface area contributed by atoms with Crippen LogP contribution in [0.2, 0.25) is 0 Å². The molecular weight excluding hydrogens is 387 g/mol. The van der Waals surface area contributed by atoms with Gasteiger partial charge in [-0.3, -0.25) is 4.99 Å². The van der Waals surface area contributed by atoms with Crippen LogP contribution >= 0.6 is 24.0 Å². The first kappa shape index (κ1) is 19.2. The average Bonchev–Trinajstić information content (AvgIpc) is 2.77. The number of guanidine groups is 1. The van der Waals surface area contributed by atoms with Crippen LogP contribution in [-0.4, -0.2) is 43.6 Å². The highest BCUT2D eigenvalue weighted by Gasteiger charge is 2.07. The molecule has 4 nitrogen and oxygen atoms in total. The second-order valence-corrected chi connectivity index (χ2v) is 5.69. The zero-order valence-corrected chi connectivity index (χ0v) is 15.7. The number of nitrogens with zero attached hydrogens (tertiary/aromatic N) is 2. The minimum atomic E-state index is 0. The van der Waals surface area contributed by atoms with E-state index < -0.39 is 0 Å². The number of halogens is 1. The molecule has 1 heterocycles. The summed E-state index contributed by atoms with van der Waals surface area (Å²) in [5.41, 5.74) is 7.23. The largest absolute Gasteiger partial charge is 0.370 e. The Morgan fingerprint density at radius 1 is 1.09 bits per heavy atom. The summed E-state index contributed by atoms with van der Waals surface area (Å²) in [6, 6.07) is 10.4. The average molecular weight is 416 g/mol. The lowest BCUT2D eigenvalue weighted by Gasteiger charge is -2.18. The standard InChI is InChI=1S/C17H28N4.HI/c18-17(19-11-10-16-8-4-3-5-9-16)20-12-15-21-13-6-1-2-7-14-21;/h3-5,8-9H,1-2,6-7,10-15H2,(H3,18,19,20);1H. The molecule has 3 N–H and O–H groups in total. The second-order valence-electron chi connectivity index (χ2n) is 5.69. The van der Waals surface area contributed by atoms with Gasteiger partial charge in [0, 0.05) is 13.1 Å². The third kappa shape index (κ3) is 7.98. The van der Waals surface area contributed by atoms with Gasteiger partial charge in [-0.2, -0.15) is 0 Å². The molecule has 5 heteroatoms. The maximum atomic E-state index is 5.90. The Bertz CT molecular complexity index is 414. The predicted molar refractivity (Wildman–Crippen MR) is 105 cm³/mol. The molecule has 1 saturated heterocycles. The number of rotatable bonds is 6. The van der Waals surface area contributed by atoms with Crippen LogP contribution in [0.15, 0.2) is 35.3 Å². The fraction of sp³-hybridized carbons (Fsp3) is 0.588. The summed E-state index contributed by atoms with van der Waals surface area (Å²) in [6.45, 7) is 5.10. The molecule has 0 spiro atoms. The fourth-order valence-electron chi connectivity index (χ4n) is 2.71. The number of nitrogens with one attached hydrogen (secondary N) is 1. The molecule has 1 fully saturated rings. The molecule has 1 aliphatic rings. The van der Waals surface area contributed by atoms with Gasteiger partial charge in [0.15, 0.2) is 5.96 Å². The van der Waals surface area contributed by atoms with E-state index in [9.17, 15) is 0 Å². The molecule has 0 unspecified atom stereocenters. The Kier molecular flexibility index (Phi) is 10.2. The van der Waals surface area contributed by atoms with Crippen molar-refractivity contribution in [3.8, 4) is 0 Å². The lowest BCUT2D eigenvalue weighted by atomic mass is 10.1. The lowest BCUT2D eigenvalue weighted by Crippen LogP contribution is -2.34. The highest BCUT2D eigenvalue weighted by Crippen LogP contribution is 2.08. The molecular formula is C17H29IN4. The van der Waals surface area contributed by atoms with Crippen molar-refractivity contribution in [1.82, 2.24) is 10.2 Å². The van der Waals surface area contributed by atoms with E-state index in [1.807, 2.05) is 6.07 Å². The summed E-state index contributed by atoms with van der Waals surface area (Å²) in [5.74, 6) is 0.570. The van der Waals surface area contributed by atoms with Gasteiger partial charge in [0.05, 0.1) is 6.54 Å². The minimum absolute atomic E-state index is 0. The SMILES string of the molecule is I.NC(=NCCN1CCCCCC1)NCCc1ccccc1. The summed E-state index contributed by atoms with van der Waals surface area (Å²) < 4.78 is 0. The Morgan fingerprint density at radius 2 is 1.77 bits per heavy atom. The quantitative estimate of drug-likeness (QED) is 0.426. The van der Waals surface area contributed by atoms with Crippen LogP contribution in [0.25, 0.3) is 0 Å². The van der Waals surface area contributed by atoms with Crippen LogP contribution < -0.4 is 11.1 Å². The smallest absolute Gasteiger partial charge is 0.188 e. The number of hydrogen-bond donors (Lipinski definition) is 2. The third-order valence-corrected chi connectivity index (χ3v) is 3.96. The van der Waals surface area contributed by atoms with Crippen molar-refractivity contribution >= 4 is 29.9 Å². The molecule has 1 aliphatic heterocycles. The summed E-state index contributed by atoms with van der Waals surface area (Å²) in [7, 11) is 0. The molecule has 0 aromatic heterocycles. The fourth-order valence-corrected chi connectivity index (χ4v) is 2.71. The van der Waals surface area contributed by atoms with Gasteiger partial charge in [-0.1, -0.05) is 43.2 Å². The number of likely N-dealkylation sites (tertiary alicyclic amines) is 1. The number of aliphatic imine (C=N–C) groups is 1. The Hall–Kier alpha value is -0.820. The van der Waals surface area contributed by atoms with Crippen molar-refractivity contribution in [2.75, 3.05) is 32.7 Å². The number of hydrogen-bond acceptors (Lipinski definition) is 2. The molecule has 124 valence electrons. The highest BCUT2D eigenvalue weighted by atomic mass is 127. The Balaban J connectivity index is 0.00000242. The minimum Gasteiger partial charge on any atom is -0.370 e. The molecule has 0 atom stereocenters. The molecule has 0 radical (unpaired) electrons. The first-order valence-corrected chi connectivity index (χ1v) is 8.14. The van der Waals surface area contributed by atoms with Gasteiger partial charge >= 0.3 is 0 Å². The maximum Gasteiger partial charge on any atom is 0.188 e. The van der Waals surface area contributed by atoms with E-state index in [-0.39, 0.29) is 24.0 Å². The molecule has 0 aliphatic carbocycles. The molecule has 1 aromatic rings. The number of benzene rings is 1. The number of nitrogens with two attached hydrogens (primary N) is 1. The van der Waals surface area contributed by atoms with E-state index >= 15 is 0 Å². The van der Waals surface area contributed by atoms with E-state index in [4.69, 9.17) is 5.73 Å². The van der Waals surface area contributed by atoms with Crippen LogP contribution in [0.3, 0.4) is 0 Å². The van der Waals surface area contributed by atoms with Gasteiger partial charge in [-0.05, 0) is 37.9 Å². The van der Waals surface area contributed by atoms with Crippen LogP contribution in [0.1, 0.15) is 31.2 Å². The van der Waals surface area contributed by atoms with Gasteiger partial charge in [0.25, 0.3) is 0 Å². The molecule has 0 amide bonds. The summed E-state index contributed by atoms with van der Waals surface area (Å²) in [4.78, 5) is 6.93. The van der Waals surface area contributed by atoms with E-state index in [2.05, 4.69) is 39.5 Å². The van der Waals surface area contributed by atoms with Gasteiger partial charge in [0.1, 0.15) is 0 Å². The lowest BCUT2D eigenvalue weighted by molar-refractivity contribution is 0.293. The first-order chi connectivity index (χ1) is 10.3. The van der Waals surface area contributed by atoms with E-state index in [1.165, 1.54) is 44.3 Å². The second kappa shape index (κ2) is 11.7. The first-order valence-electron chi connectivity index (χ1n) is 8.14. The molecule has 1 aromatic carbocycles. The molecule has 0 bridgehead atoms. The molecule has 2 rings (SSSR count). The van der Waals surface area contributed by atoms with E-state index in [0.717, 1.165) is 26.1 Å². The van der Waals surface area contributed by atoms with Gasteiger partial charge in [0.2, 0.25) is 0 Å². The summed E-state index contributed by atoms with van der Waals surface area (Å²) >= 11 is 0. The Morgan fingerprint density at radius 3 is 2.45 bits per heavy atom. The van der Waals surface area contributed by atoms with Crippen LogP contribution in [-0.2, 0) is 6.42 Å². The van der Waals surface area contributed by atoms with Crippen molar-refractivity contribution in [2.24, 2.45) is 10.7 Å². The monoisotopic (exact) mass is 416 g/mol. The van der Waals surface area contributed by atoms with Gasteiger partial charge in [-0.15, -0.1) is 24.0 Å². The molecule has 22 heavy (non-hydrogen) atoms. The van der Waals surface area contributed by atoms with Crippen molar-refractivity contribution in [2.45, 2.75) is 32.1 Å². The van der Waals surface area contributed by atoms with Crippen LogP contribution in [0.5, 0.6) is 0 Å². The topological polar surface area (TPSA) is 53.6 Å². The normalized spacial score (nSPS) is 16.6. The highest BCUT2D eigenvalue weighted by molar-refractivity contribution is 14.0. The zero-order chi connectivity index (χ0) is 14.8. The van der Waals surface area contributed by atoms with Crippen molar-refractivity contribution in [3.63, 3.8) is 0 Å². The zero-order valence-electron chi connectivity index (χ0n) is 13.3. The molecule has 0 saturated carbocycles. The van der Waals surface area contributed by atoms with Crippen LogP contribution in [0, 0.1) is 0 Å². The van der Waals surface area contributed by atoms with Crippen molar-refractivity contribution in [1.29, 1.82) is 0 Å².